The normalized spacial score (nSPS) is 22.8. The van der Waals surface area contributed by atoms with Gasteiger partial charge >= 0.3 is 0 Å². The molecular formula is C15H18O2S. The van der Waals surface area contributed by atoms with Crippen molar-refractivity contribution in [2.75, 3.05) is 6.61 Å². The second kappa shape index (κ2) is 6.66. The van der Waals surface area contributed by atoms with E-state index >= 15 is 0 Å². The van der Waals surface area contributed by atoms with E-state index in [1.54, 1.807) is 0 Å². The topological polar surface area (TPSA) is 18.5 Å². The van der Waals surface area contributed by atoms with Gasteiger partial charge in [0.05, 0.1) is 13.2 Å². The van der Waals surface area contributed by atoms with E-state index in [1.807, 2.05) is 24.3 Å². The van der Waals surface area contributed by atoms with E-state index in [2.05, 4.69) is 18.7 Å². The van der Waals surface area contributed by atoms with Gasteiger partial charge in [0, 0.05) is 5.92 Å². The number of ether oxygens (including phenoxy) is 2. The van der Waals surface area contributed by atoms with Crippen molar-refractivity contribution >= 4 is 17.3 Å². The van der Waals surface area contributed by atoms with Gasteiger partial charge in [0.1, 0.15) is 6.10 Å². The maximum atomic E-state index is 5.67. The Kier molecular flexibility index (Phi) is 4.90. The summed E-state index contributed by atoms with van der Waals surface area (Å²) >= 11 is 5.20. The van der Waals surface area contributed by atoms with Gasteiger partial charge in [-0.3, -0.25) is 0 Å². The molecule has 2 rings (SSSR count). The van der Waals surface area contributed by atoms with Crippen LogP contribution < -0.4 is 0 Å². The molecule has 1 aliphatic heterocycles. The van der Waals surface area contributed by atoms with Gasteiger partial charge in [0.2, 0.25) is 0 Å². The number of rotatable bonds is 6. The Morgan fingerprint density at radius 3 is 2.89 bits per heavy atom. The van der Waals surface area contributed by atoms with Crippen LogP contribution in [0.2, 0.25) is 0 Å². The summed E-state index contributed by atoms with van der Waals surface area (Å²) < 4.78 is 11.3. The Morgan fingerprint density at radius 1 is 1.39 bits per heavy atom. The Labute approximate surface area is 114 Å². The standard InChI is InChI=1S/C15H18O2S/c1-2-6-13-9-14(17-15(13)18)11-16-10-12-7-4-3-5-8-12/h2-5,7-8,13-14H,1,6,9-11H2. The van der Waals surface area contributed by atoms with Crippen LogP contribution in [-0.4, -0.2) is 17.8 Å². The molecule has 2 atom stereocenters. The molecule has 0 aromatic heterocycles. The summed E-state index contributed by atoms with van der Waals surface area (Å²) in [4.78, 5) is 0. The monoisotopic (exact) mass is 262 g/mol. The van der Waals surface area contributed by atoms with Crippen LogP contribution in [0.25, 0.3) is 0 Å². The van der Waals surface area contributed by atoms with Crippen LogP contribution in [0.3, 0.4) is 0 Å². The molecule has 2 unspecified atom stereocenters. The van der Waals surface area contributed by atoms with Crippen LogP contribution >= 0.6 is 12.2 Å². The first-order valence-corrected chi connectivity index (χ1v) is 6.63. The largest absolute Gasteiger partial charge is 0.481 e. The molecule has 0 saturated carbocycles. The molecule has 18 heavy (non-hydrogen) atoms. The molecule has 1 fully saturated rings. The number of benzene rings is 1. The van der Waals surface area contributed by atoms with E-state index in [0.717, 1.165) is 12.8 Å². The molecule has 0 spiro atoms. The lowest BCUT2D eigenvalue weighted by atomic mass is 10.0. The van der Waals surface area contributed by atoms with Crippen molar-refractivity contribution in [1.29, 1.82) is 0 Å². The van der Waals surface area contributed by atoms with Crippen molar-refractivity contribution in [2.45, 2.75) is 25.6 Å². The summed E-state index contributed by atoms with van der Waals surface area (Å²) in [6.45, 7) is 4.96. The van der Waals surface area contributed by atoms with Crippen LogP contribution in [-0.2, 0) is 16.1 Å². The van der Waals surface area contributed by atoms with E-state index < -0.39 is 0 Å². The molecule has 1 aromatic carbocycles. The van der Waals surface area contributed by atoms with Gasteiger partial charge in [-0.05, 0) is 30.6 Å². The van der Waals surface area contributed by atoms with Gasteiger partial charge in [0.25, 0.3) is 0 Å². The van der Waals surface area contributed by atoms with Crippen molar-refractivity contribution in [3.8, 4) is 0 Å². The van der Waals surface area contributed by atoms with Crippen LogP contribution in [0.15, 0.2) is 43.0 Å². The van der Waals surface area contributed by atoms with E-state index in [0.29, 0.717) is 24.2 Å². The SMILES string of the molecule is C=CCC1CC(COCc2ccccc2)OC1=S. The summed E-state index contributed by atoms with van der Waals surface area (Å²) in [7, 11) is 0. The fourth-order valence-corrected chi connectivity index (χ4v) is 2.43. The minimum Gasteiger partial charge on any atom is -0.481 e. The Hall–Kier alpha value is -1.19. The smallest absolute Gasteiger partial charge is 0.163 e. The summed E-state index contributed by atoms with van der Waals surface area (Å²) in [5, 5.41) is 0.711. The number of hydrogen-bond acceptors (Lipinski definition) is 3. The minimum atomic E-state index is 0.103. The molecule has 1 aromatic rings. The van der Waals surface area contributed by atoms with Gasteiger partial charge in [0.15, 0.2) is 5.05 Å². The van der Waals surface area contributed by atoms with Crippen LogP contribution in [0.1, 0.15) is 18.4 Å². The van der Waals surface area contributed by atoms with Crippen LogP contribution in [0.4, 0.5) is 0 Å². The second-order valence-electron chi connectivity index (χ2n) is 4.52. The average molecular weight is 262 g/mol. The van der Waals surface area contributed by atoms with Crippen LogP contribution in [0, 0.1) is 5.92 Å². The first-order valence-electron chi connectivity index (χ1n) is 6.22. The highest BCUT2D eigenvalue weighted by Gasteiger charge is 2.30. The zero-order chi connectivity index (χ0) is 12.8. The fraction of sp³-hybridized carbons (Fsp3) is 0.400. The molecule has 2 nitrogen and oxygen atoms in total. The Bertz CT molecular complexity index is 402. The molecule has 0 aliphatic carbocycles. The summed E-state index contributed by atoms with van der Waals surface area (Å²) in [6, 6.07) is 10.1. The van der Waals surface area contributed by atoms with E-state index in [4.69, 9.17) is 21.7 Å². The highest BCUT2D eigenvalue weighted by molar-refractivity contribution is 7.80. The fourth-order valence-electron chi connectivity index (χ4n) is 2.10. The molecular weight excluding hydrogens is 244 g/mol. The quantitative estimate of drug-likeness (QED) is 0.577. The highest BCUT2D eigenvalue weighted by atomic mass is 32.1. The maximum Gasteiger partial charge on any atom is 0.163 e. The average Bonchev–Trinajstić information content (AvgIpc) is 2.72. The minimum absolute atomic E-state index is 0.103. The van der Waals surface area contributed by atoms with Gasteiger partial charge in [-0.2, -0.15) is 0 Å². The molecule has 1 heterocycles. The number of allylic oxidation sites excluding steroid dienone is 1. The lowest BCUT2D eigenvalue weighted by molar-refractivity contribution is 0.0459. The number of thiocarbonyl (C=S) groups is 1. The molecule has 1 saturated heterocycles. The van der Waals surface area contributed by atoms with Gasteiger partial charge in [-0.1, -0.05) is 36.4 Å². The van der Waals surface area contributed by atoms with Crippen LogP contribution in [0.5, 0.6) is 0 Å². The Balaban J connectivity index is 1.72. The van der Waals surface area contributed by atoms with Crippen molar-refractivity contribution in [3.05, 3.63) is 48.6 Å². The maximum absolute atomic E-state index is 5.67. The molecule has 96 valence electrons. The van der Waals surface area contributed by atoms with Gasteiger partial charge in [-0.15, -0.1) is 6.58 Å². The molecule has 0 N–H and O–H groups in total. The summed E-state index contributed by atoms with van der Waals surface area (Å²) in [5.74, 6) is 0.336. The first kappa shape index (κ1) is 13.2. The first-order chi connectivity index (χ1) is 8.79. The molecule has 3 heteroatoms. The van der Waals surface area contributed by atoms with Crippen molar-refractivity contribution in [2.24, 2.45) is 5.92 Å². The second-order valence-corrected chi connectivity index (χ2v) is 4.92. The predicted molar refractivity (Wildman–Crippen MR) is 76.5 cm³/mol. The molecule has 0 amide bonds. The zero-order valence-electron chi connectivity index (χ0n) is 10.4. The summed E-state index contributed by atoms with van der Waals surface area (Å²) in [6.07, 6.45) is 3.84. The molecule has 0 radical (unpaired) electrons. The lowest BCUT2D eigenvalue weighted by Crippen LogP contribution is -2.14. The van der Waals surface area contributed by atoms with Crippen molar-refractivity contribution in [3.63, 3.8) is 0 Å². The molecule has 1 aliphatic rings. The van der Waals surface area contributed by atoms with E-state index in [-0.39, 0.29) is 6.10 Å². The Morgan fingerprint density at radius 2 is 2.17 bits per heavy atom. The lowest BCUT2D eigenvalue weighted by Gasteiger charge is -2.10. The van der Waals surface area contributed by atoms with Crippen molar-refractivity contribution in [1.82, 2.24) is 0 Å². The zero-order valence-corrected chi connectivity index (χ0v) is 11.2. The van der Waals surface area contributed by atoms with E-state index in [9.17, 15) is 0 Å². The van der Waals surface area contributed by atoms with Crippen molar-refractivity contribution < 1.29 is 9.47 Å². The third kappa shape index (κ3) is 3.65. The highest BCUT2D eigenvalue weighted by Crippen LogP contribution is 2.26. The third-order valence-corrected chi connectivity index (χ3v) is 3.46. The third-order valence-electron chi connectivity index (χ3n) is 3.03. The van der Waals surface area contributed by atoms with Gasteiger partial charge < -0.3 is 9.47 Å². The number of hydrogen-bond donors (Lipinski definition) is 0. The van der Waals surface area contributed by atoms with E-state index in [1.165, 1.54) is 5.56 Å². The van der Waals surface area contributed by atoms with Gasteiger partial charge in [-0.25, -0.2) is 0 Å². The predicted octanol–water partition coefficient (Wildman–Crippen LogP) is 3.51. The summed E-state index contributed by atoms with van der Waals surface area (Å²) in [5.41, 5.74) is 1.18. The molecule has 0 bridgehead atoms.